The fraction of sp³-hybridized carbons (Fsp3) is 0.312. The highest BCUT2D eigenvalue weighted by Gasteiger charge is 2.45. The molecule has 7 heteroatoms. The van der Waals surface area contributed by atoms with E-state index in [9.17, 15) is 0 Å². The van der Waals surface area contributed by atoms with Crippen LogP contribution in [-0.2, 0) is 4.84 Å². The zero-order valence-corrected chi connectivity index (χ0v) is 12.4. The molecule has 4 heterocycles. The van der Waals surface area contributed by atoms with E-state index in [0.717, 1.165) is 41.6 Å². The van der Waals surface area contributed by atoms with Gasteiger partial charge in [-0.05, 0) is 19.3 Å². The number of anilines is 1. The standard InChI is InChI=1S/C16H15N5O2/c17-14-11(13-6-16(23-20-13)3-1-4-16)7-18-15-12(14)8-19-21(15)10-2-5-22-9-10/h2,5,7-9H,1,3-4,6H2,(H2,17,18). The Balaban J connectivity index is 1.58. The summed E-state index contributed by atoms with van der Waals surface area (Å²) < 4.78 is 6.82. The third kappa shape index (κ3) is 1.73. The summed E-state index contributed by atoms with van der Waals surface area (Å²) in [5.74, 6) is 0. The van der Waals surface area contributed by atoms with Gasteiger partial charge >= 0.3 is 0 Å². The Hall–Kier alpha value is -2.83. The first-order chi connectivity index (χ1) is 11.3. The average molecular weight is 309 g/mol. The lowest BCUT2D eigenvalue weighted by Gasteiger charge is -2.34. The van der Waals surface area contributed by atoms with Gasteiger partial charge in [0.05, 0.1) is 29.2 Å². The number of hydrogen-bond acceptors (Lipinski definition) is 6. The number of pyridine rings is 1. The molecule has 2 aliphatic rings. The Morgan fingerprint density at radius 2 is 2.17 bits per heavy atom. The third-order valence-electron chi connectivity index (χ3n) is 4.81. The van der Waals surface area contributed by atoms with Crippen LogP contribution in [0.25, 0.3) is 16.7 Å². The van der Waals surface area contributed by atoms with Crippen LogP contribution in [0, 0.1) is 0 Å². The average Bonchev–Trinajstić information content (AvgIpc) is 3.25. The predicted molar refractivity (Wildman–Crippen MR) is 84.4 cm³/mol. The molecule has 1 saturated carbocycles. The van der Waals surface area contributed by atoms with Gasteiger partial charge in [0.15, 0.2) is 5.65 Å². The highest BCUT2D eigenvalue weighted by Crippen LogP contribution is 2.44. The Morgan fingerprint density at radius 3 is 2.87 bits per heavy atom. The van der Waals surface area contributed by atoms with Crippen LogP contribution in [0.4, 0.5) is 5.69 Å². The monoisotopic (exact) mass is 309 g/mol. The molecule has 1 spiro atoms. The van der Waals surface area contributed by atoms with Crippen LogP contribution in [0.15, 0.2) is 40.6 Å². The summed E-state index contributed by atoms with van der Waals surface area (Å²) in [6.07, 6.45) is 10.8. The summed E-state index contributed by atoms with van der Waals surface area (Å²) in [4.78, 5) is 10.2. The number of hydrogen-bond donors (Lipinski definition) is 1. The van der Waals surface area contributed by atoms with Gasteiger partial charge in [-0.15, -0.1) is 0 Å². The number of aromatic nitrogens is 3. The van der Waals surface area contributed by atoms with Gasteiger partial charge in [-0.3, -0.25) is 0 Å². The molecule has 3 aromatic rings. The van der Waals surface area contributed by atoms with Crippen molar-refractivity contribution in [2.45, 2.75) is 31.3 Å². The Kier molecular flexibility index (Phi) is 2.40. The normalized spacial score (nSPS) is 18.9. The van der Waals surface area contributed by atoms with E-state index in [4.69, 9.17) is 15.0 Å². The molecule has 0 atom stereocenters. The SMILES string of the molecule is Nc1c(C2=NOC3(CCC3)C2)cnc2c1cnn2-c1ccoc1. The fourth-order valence-electron chi connectivity index (χ4n) is 3.30. The van der Waals surface area contributed by atoms with Crippen LogP contribution in [0.5, 0.6) is 0 Å². The van der Waals surface area contributed by atoms with Gasteiger partial charge in [0.2, 0.25) is 0 Å². The minimum atomic E-state index is -0.0856. The van der Waals surface area contributed by atoms with E-state index in [0.29, 0.717) is 11.3 Å². The molecule has 23 heavy (non-hydrogen) atoms. The summed E-state index contributed by atoms with van der Waals surface area (Å²) >= 11 is 0. The van der Waals surface area contributed by atoms with Crippen LogP contribution >= 0.6 is 0 Å². The molecule has 0 bridgehead atoms. The van der Waals surface area contributed by atoms with Crippen LogP contribution in [0.3, 0.4) is 0 Å². The van der Waals surface area contributed by atoms with E-state index in [-0.39, 0.29) is 5.60 Å². The highest BCUT2D eigenvalue weighted by atomic mass is 16.7. The van der Waals surface area contributed by atoms with Gasteiger partial charge in [0.25, 0.3) is 0 Å². The third-order valence-corrected chi connectivity index (χ3v) is 4.81. The van der Waals surface area contributed by atoms with Crippen molar-refractivity contribution in [3.8, 4) is 5.69 Å². The van der Waals surface area contributed by atoms with Gasteiger partial charge in [0, 0.05) is 24.2 Å². The summed E-state index contributed by atoms with van der Waals surface area (Å²) in [7, 11) is 0. The van der Waals surface area contributed by atoms with Crippen LogP contribution in [0.1, 0.15) is 31.2 Å². The largest absolute Gasteiger partial charge is 0.470 e. The zero-order chi connectivity index (χ0) is 15.4. The van der Waals surface area contributed by atoms with Gasteiger partial charge in [-0.2, -0.15) is 5.10 Å². The molecule has 1 aliphatic carbocycles. The number of oxime groups is 1. The van der Waals surface area contributed by atoms with Crippen molar-refractivity contribution in [1.82, 2.24) is 14.8 Å². The molecule has 7 nitrogen and oxygen atoms in total. The smallest absolute Gasteiger partial charge is 0.165 e. The molecule has 116 valence electrons. The van der Waals surface area contributed by atoms with Gasteiger partial charge in [-0.1, -0.05) is 5.16 Å². The maximum atomic E-state index is 6.36. The molecule has 0 aromatic carbocycles. The molecule has 0 amide bonds. The quantitative estimate of drug-likeness (QED) is 0.785. The van der Waals surface area contributed by atoms with Crippen molar-refractivity contribution in [2.24, 2.45) is 5.16 Å². The number of nitrogen functional groups attached to an aromatic ring is 1. The fourth-order valence-corrected chi connectivity index (χ4v) is 3.30. The number of nitrogens with zero attached hydrogens (tertiary/aromatic N) is 4. The van der Waals surface area contributed by atoms with E-state index in [1.54, 1.807) is 29.6 Å². The first-order valence-corrected chi connectivity index (χ1v) is 7.66. The minimum absolute atomic E-state index is 0.0856. The molecule has 5 rings (SSSR count). The second kappa shape index (κ2) is 4.34. The van der Waals surface area contributed by atoms with E-state index >= 15 is 0 Å². The van der Waals surface area contributed by atoms with Gasteiger partial charge < -0.3 is 15.0 Å². The van der Waals surface area contributed by atoms with E-state index in [1.165, 1.54) is 6.42 Å². The Morgan fingerprint density at radius 1 is 1.26 bits per heavy atom. The highest BCUT2D eigenvalue weighted by molar-refractivity contribution is 6.10. The van der Waals surface area contributed by atoms with Crippen molar-refractivity contribution in [3.05, 3.63) is 36.5 Å². The zero-order valence-electron chi connectivity index (χ0n) is 12.4. The topological polar surface area (TPSA) is 91.5 Å². The summed E-state index contributed by atoms with van der Waals surface area (Å²) in [6.45, 7) is 0. The van der Waals surface area contributed by atoms with Crippen molar-refractivity contribution in [1.29, 1.82) is 0 Å². The maximum Gasteiger partial charge on any atom is 0.165 e. The van der Waals surface area contributed by atoms with Crippen LogP contribution in [0.2, 0.25) is 0 Å². The molecule has 1 aliphatic heterocycles. The van der Waals surface area contributed by atoms with E-state index in [2.05, 4.69) is 15.2 Å². The number of fused-ring (bicyclic) bond motifs is 1. The molecule has 0 unspecified atom stereocenters. The molecule has 0 saturated heterocycles. The molecule has 1 fully saturated rings. The Bertz CT molecular complexity index is 922. The molecular weight excluding hydrogens is 294 g/mol. The van der Waals surface area contributed by atoms with Gasteiger partial charge in [-0.25, -0.2) is 9.67 Å². The summed E-state index contributed by atoms with van der Waals surface area (Å²) in [6, 6.07) is 1.83. The number of nitrogens with two attached hydrogens (primary N) is 1. The second-order valence-electron chi connectivity index (χ2n) is 6.20. The minimum Gasteiger partial charge on any atom is -0.470 e. The van der Waals surface area contributed by atoms with Crippen molar-refractivity contribution in [2.75, 3.05) is 5.73 Å². The van der Waals surface area contributed by atoms with Crippen molar-refractivity contribution in [3.63, 3.8) is 0 Å². The molecule has 0 radical (unpaired) electrons. The van der Waals surface area contributed by atoms with Crippen molar-refractivity contribution >= 4 is 22.4 Å². The molecule has 2 N–H and O–H groups in total. The summed E-state index contributed by atoms with van der Waals surface area (Å²) in [5.41, 5.74) is 10.2. The van der Waals surface area contributed by atoms with E-state index < -0.39 is 0 Å². The van der Waals surface area contributed by atoms with Crippen LogP contribution in [-0.4, -0.2) is 26.1 Å². The number of rotatable bonds is 2. The molecule has 3 aromatic heterocycles. The molecular formula is C16H15N5O2. The summed E-state index contributed by atoms with van der Waals surface area (Å²) in [5, 5.41) is 9.43. The van der Waals surface area contributed by atoms with Crippen LogP contribution < -0.4 is 5.73 Å². The first kappa shape index (κ1) is 12.7. The van der Waals surface area contributed by atoms with Crippen molar-refractivity contribution < 1.29 is 9.25 Å². The van der Waals surface area contributed by atoms with Gasteiger partial charge in [0.1, 0.15) is 17.6 Å². The second-order valence-corrected chi connectivity index (χ2v) is 6.20. The lowest BCUT2D eigenvalue weighted by Crippen LogP contribution is -2.37. The maximum absolute atomic E-state index is 6.36. The lowest BCUT2D eigenvalue weighted by molar-refractivity contribution is -0.0755. The number of furan rings is 1. The first-order valence-electron chi connectivity index (χ1n) is 7.66. The predicted octanol–water partition coefficient (Wildman–Crippen LogP) is 2.64. The van der Waals surface area contributed by atoms with E-state index in [1.807, 2.05) is 6.07 Å². The lowest BCUT2D eigenvalue weighted by atomic mass is 9.76. The Labute approximate surface area is 131 Å².